The Kier molecular flexibility index (Phi) is 4.90. The monoisotopic (exact) mass is 311 g/mol. The normalized spacial score (nSPS) is 22.4. The van der Waals surface area contributed by atoms with E-state index in [9.17, 15) is 0 Å². The smallest absolute Gasteiger partial charge is 0.245 e. The molecule has 0 radical (unpaired) electrons. The van der Waals surface area contributed by atoms with Gasteiger partial charge in [0.05, 0.1) is 26.4 Å². The number of tetrazole rings is 1. The third-order valence-electron chi connectivity index (χ3n) is 4.54. The van der Waals surface area contributed by atoms with Crippen LogP contribution in [-0.2, 0) is 20.8 Å². The van der Waals surface area contributed by atoms with Gasteiger partial charge in [0.25, 0.3) is 0 Å². The van der Waals surface area contributed by atoms with Crippen LogP contribution in [0.5, 0.6) is 0 Å². The first kappa shape index (κ1) is 15.6. The molecule has 2 saturated heterocycles. The van der Waals surface area contributed by atoms with E-state index in [1.165, 1.54) is 0 Å². The van der Waals surface area contributed by atoms with Crippen molar-refractivity contribution in [3.63, 3.8) is 0 Å². The summed E-state index contributed by atoms with van der Waals surface area (Å²) in [6.45, 7) is 9.31. The van der Waals surface area contributed by atoms with Crippen molar-refractivity contribution < 1.29 is 14.2 Å². The Labute approximate surface area is 130 Å². The Morgan fingerprint density at radius 3 is 2.68 bits per heavy atom. The molecule has 0 amide bonds. The van der Waals surface area contributed by atoms with Crippen molar-refractivity contribution in [2.45, 2.75) is 39.0 Å². The molecule has 8 heteroatoms. The van der Waals surface area contributed by atoms with E-state index in [1.54, 1.807) is 0 Å². The number of ether oxygens (including phenoxy) is 3. The maximum absolute atomic E-state index is 5.79. The van der Waals surface area contributed by atoms with Gasteiger partial charge in [-0.3, -0.25) is 0 Å². The minimum absolute atomic E-state index is 0.410. The number of anilines is 1. The highest BCUT2D eigenvalue weighted by Crippen LogP contribution is 2.35. The highest BCUT2D eigenvalue weighted by molar-refractivity contribution is 5.28. The number of nitrogens with zero attached hydrogens (tertiary/aromatic N) is 5. The summed E-state index contributed by atoms with van der Waals surface area (Å²) >= 11 is 0. The zero-order valence-corrected chi connectivity index (χ0v) is 13.4. The Hall–Kier alpha value is -1.25. The van der Waals surface area contributed by atoms with Gasteiger partial charge >= 0.3 is 0 Å². The maximum Gasteiger partial charge on any atom is 0.245 e. The van der Waals surface area contributed by atoms with Gasteiger partial charge in [0.2, 0.25) is 5.95 Å². The fraction of sp³-hybridized carbons (Fsp3) is 0.929. The molecule has 0 N–H and O–H groups in total. The average molecular weight is 311 g/mol. The topological polar surface area (TPSA) is 74.5 Å². The van der Waals surface area contributed by atoms with Gasteiger partial charge in [-0.1, -0.05) is 5.10 Å². The van der Waals surface area contributed by atoms with E-state index >= 15 is 0 Å². The Morgan fingerprint density at radius 2 is 2.00 bits per heavy atom. The van der Waals surface area contributed by atoms with Crippen LogP contribution in [-0.4, -0.2) is 65.5 Å². The summed E-state index contributed by atoms with van der Waals surface area (Å²) in [7, 11) is 0. The van der Waals surface area contributed by atoms with Crippen LogP contribution in [0.2, 0.25) is 0 Å². The van der Waals surface area contributed by atoms with Crippen LogP contribution in [0.1, 0.15) is 26.7 Å². The SMILES string of the molecule is CCOCCn1nnnc1N1CCC(C2(C)OCCO2)CC1. The van der Waals surface area contributed by atoms with E-state index in [2.05, 4.69) is 27.3 Å². The zero-order chi connectivity index (χ0) is 15.4. The lowest BCUT2D eigenvalue weighted by Gasteiger charge is -2.39. The first-order chi connectivity index (χ1) is 10.7. The molecule has 0 aliphatic carbocycles. The summed E-state index contributed by atoms with van der Waals surface area (Å²) in [5, 5.41) is 12.0. The van der Waals surface area contributed by atoms with E-state index in [-0.39, 0.29) is 0 Å². The van der Waals surface area contributed by atoms with Crippen LogP contribution in [0.3, 0.4) is 0 Å². The molecule has 3 heterocycles. The fourth-order valence-corrected chi connectivity index (χ4v) is 3.24. The molecule has 2 fully saturated rings. The number of hydrogen-bond donors (Lipinski definition) is 0. The van der Waals surface area contributed by atoms with E-state index in [4.69, 9.17) is 14.2 Å². The summed E-state index contributed by atoms with van der Waals surface area (Å²) < 4.78 is 18.8. The average Bonchev–Trinajstić information content (AvgIpc) is 3.18. The van der Waals surface area contributed by atoms with Gasteiger partial charge < -0.3 is 19.1 Å². The second-order valence-electron chi connectivity index (χ2n) is 5.87. The summed E-state index contributed by atoms with van der Waals surface area (Å²) in [4.78, 5) is 2.24. The minimum atomic E-state index is -0.410. The summed E-state index contributed by atoms with van der Waals surface area (Å²) in [5.41, 5.74) is 0. The highest BCUT2D eigenvalue weighted by atomic mass is 16.7. The molecule has 3 rings (SSSR count). The van der Waals surface area contributed by atoms with E-state index in [0.29, 0.717) is 38.9 Å². The van der Waals surface area contributed by atoms with Gasteiger partial charge in [-0.2, -0.15) is 0 Å². The first-order valence-electron chi connectivity index (χ1n) is 8.09. The second kappa shape index (κ2) is 6.89. The Balaban J connectivity index is 1.56. The van der Waals surface area contributed by atoms with E-state index in [0.717, 1.165) is 31.9 Å². The number of rotatable bonds is 6. The van der Waals surface area contributed by atoms with Gasteiger partial charge in [-0.15, -0.1) is 0 Å². The molecule has 0 spiro atoms. The lowest BCUT2D eigenvalue weighted by molar-refractivity contribution is -0.185. The van der Waals surface area contributed by atoms with Gasteiger partial charge in [0.1, 0.15) is 0 Å². The third-order valence-corrected chi connectivity index (χ3v) is 4.54. The molecule has 2 aliphatic rings. The fourth-order valence-electron chi connectivity index (χ4n) is 3.24. The molecular weight excluding hydrogens is 286 g/mol. The van der Waals surface area contributed by atoms with Crippen LogP contribution in [0.4, 0.5) is 5.95 Å². The largest absolute Gasteiger partial charge is 0.380 e. The third kappa shape index (κ3) is 3.23. The molecule has 22 heavy (non-hydrogen) atoms. The molecule has 0 unspecified atom stereocenters. The van der Waals surface area contributed by atoms with Crippen molar-refractivity contribution in [3.05, 3.63) is 0 Å². The molecular formula is C14H25N5O3. The quantitative estimate of drug-likeness (QED) is 0.715. The Bertz CT molecular complexity index is 467. The van der Waals surface area contributed by atoms with Crippen molar-refractivity contribution in [2.24, 2.45) is 5.92 Å². The van der Waals surface area contributed by atoms with Crippen LogP contribution < -0.4 is 4.90 Å². The minimum Gasteiger partial charge on any atom is -0.380 e. The molecule has 124 valence electrons. The molecule has 1 aromatic heterocycles. The summed E-state index contributed by atoms with van der Waals surface area (Å²) in [6, 6.07) is 0. The van der Waals surface area contributed by atoms with Crippen molar-refractivity contribution >= 4 is 5.95 Å². The Morgan fingerprint density at radius 1 is 1.27 bits per heavy atom. The van der Waals surface area contributed by atoms with Gasteiger partial charge in [0.15, 0.2) is 5.79 Å². The molecule has 0 aromatic carbocycles. The van der Waals surface area contributed by atoms with Crippen LogP contribution >= 0.6 is 0 Å². The number of aromatic nitrogens is 4. The molecule has 1 aromatic rings. The second-order valence-corrected chi connectivity index (χ2v) is 5.87. The molecule has 2 aliphatic heterocycles. The summed E-state index contributed by atoms with van der Waals surface area (Å²) in [6.07, 6.45) is 2.05. The number of hydrogen-bond acceptors (Lipinski definition) is 7. The first-order valence-corrected chi connectivity index (χ1v) is 8.09. The molecule has 0 atom stereocenters. The van der Waals surface area contributed by atoms with Crippen molar-refractivity contribution in [2.75, 3.05) is 44.4 Å². The van der Waals surface area contributed by atoms with Crippen molar-refractivity contribution in [3.8, 4) is 0 Å². The predicted octanol–water partition coefficient (Wildman–Crippen LogP) is 0.689. The van der Waals surface area contributed by atoms with Crippen LogP contribution in [0.25, 0.3) is 0 Å². The van der Waals surface area contributed by atoms with Gasteiger partial charge in [0, 0.05) is 25.6 Å². The van der Waals surface area contributed by atoms with Crippen LogP contribution in [0.15, 0.2) is 0 Å². The van der Waals surface area contributed by atoms with Gasteiger partial charge in [-0.25, -0.2) is 4.68 Å². The van der Waals surface area contributed by atoms with Crippen molar-refractivity contribution in [1.82, 2.24) is 20.2 Å². The van der Waals surface area contributed by atoms with E-state index < -0.39 is 5.79 Å². The van der Waals surface area contributed by atoms with Crippen LogP contribution in [0, 0.1) is 5.92 Å². The molecule has 0 saturated carbocycles. The zero-order valence-electron chi connectivity index (χ0n) is 13.4. The lowest BCUT2D eigenvalue weighted by atomic mass is 9.89. The standard InChI is InChI=1S/C14H25N5O3/c1-3-20-9-8-19-13(15-16-17-19)18-6-4-12(5-7-18)14(2)21-10-11-22-14/h12H,3-11H2,1-2H3. The molecule has 8 nitrogen and oxygen atoms in total. The molecule has 0 bridgehead atoms. The summed E-state index contributed by atoms with van der Waals surface area (Å²) in [5.74, 6) is 0.850. The highest BCUT2D eigenvalue weighted by Gasteiger charge is 2.41. The van der Waals surface area contributed by atoms with Crippen molar-refractivity contribution in [1.29, 1.82) is 0 Å². The lowest BCUT2D eigenvalue weighted by Crippen LogP contribution is -2.45. The maximum atomic E-state index is 5.79. The number of piperidine rings is 1. The van der Waals surface area contributed by atoms with E-state index in [1.807, 2.05) is 11.6 Å². The van der Waals surface area contributed by atoms with Gasteiger partial charge in [-0.05, 0) is 37.1 Å². The predicted molar refractivity (Wildman–Crippen MR) is 79.6 cm³/mol.